The van der Waals surface area contributed by atoms with Crippen LogP contribution in [0.2, 0.25) is 0 Å². The summed E-state index contributed by atoms with van der Waals surface area (Å²) in [6, 6.07) is 30.7. The molecule has 0 aliphatic carbocycles. The third kappa shape index (κ3) is 5.77. The molecule has 3 aromatic carbocycles. The maximum absolute atomic E-state index is 13.5. The maximum atomic E-state index is 13.5. The molecule has 2 amide bonds. The number of carbonyl (C=O) groups excluding carboxylic acids is 1. The third-order valence-electron chi connectivity index (χ3n) is 7.60. The van der Waals surface area contributed by atoms with Crippen LogP contribution in [0.1, 0.15) is 24.4 Å². The van der Waals surface area contributed by atoms with Gasteiger partial charge in [-0.3, -0.25) is 9.36 Å². The predicted octanol–water partition coefficient (Wildman–Crippen LogP) is 5.59. The molecule has 0 bridgehead atoms. The first-order chi connectivity index (χ1) is 20.0. The molecule has 5 aromatic rings. The van der Waals surface area contributed by atoms with Gasteiger partial charge in [0.05, 0.1) is 12.2 Å². The Morgan fingerprint density at radius 1 is 0.780 bits per heavy atom. The number of aromatic amines is 1. The van der Waals surface area contributed by atoms with Crippen molar-refractivity contribution in [1.29, 1.82) is 0 Å². The first-order valence-corrected chi connectivity index (χ1v) is 13.8. The molecule has 0 unspecified atom stereocenters. The van der Waals surface area contributed by atoms with Crippen molar-refractivity contribution < 1.29 is 4.79 Å². The first kappa shape index (κ1) is 26.1. The van der Waals surface area contributed by atoms with Gasteiger partial charge in [0, 0.05) is 37.1 Å². The van der Waals surface area contributed by atoms with Crippen molar-refractivity contribution in [2.45, 2.75) is 25.4 Å². The van der Waals surface area contributed by atoms with Crippen LogP contribution in [-0.2, 0) is 6.54 Å². The van der Waals surface area contributed by atoms with Crippen molar-refractivity contribution >= 4 is 11.7 Å². The minimum absolute atomic E-state index is 0.00947. The van der Waals surface area contributed by atoms with Crippen molar-refractivity contribution in [2.75, 3.05) is 18.4 Å². The molecule has 1 saturated heterocycles. The van der Waals surface area contributed by atoms with Gasteiger partial charge in [0.15, 0.2) is 0 Å². The van der Waals surface area contributed by atoms with E-state index in [-0.39, 0.29) is 29.0 Å². The van der Waals surface area contributed by atoms with Crippen LogP contribution in [0.5, 0.6) is 0 Å². The summed E-state index contributed by atoms with van der Waals surface area (Å²) >= 11 is 0. The summed E-state index contributed by atoms with van der Waals surface area (Å²) in [5.41, 5.74) is 4.36. The molecule has 0 spiro atoms. The van der Waals surface area contributed by atoms with E-state index in [4.69, 9.17) is 0 Å². The fourth-order valence-corrected chi connectivity index (χ4v) is 5.40. The van der Waals surface area contributed by atoms with E-state index in [1.54, 1.807) is 20.1 Å². The lowest BCUT2D eigenvalue weighted by Gasteiger charge is -2.32. The Balaban J connectivity index is 1.19. The molecular weight excluding hydrogens is 514 g/mol. The Morgan fingerprint density at radius 2 is 1.39 bits per heavy atom. The number of hydrogen-bond acceptors (Lipinski definition) is 3. The van der Waals surface area contributed by atoms with Crippen molar-refractivity contribution in [2.24, 2.45) is 0 Å². The van der Waals surface area contributed by atoms with E-state index in [2.05, 4.69) is 10.3 Å². The number of rotatable bonds is 6. The van der Waals surface area contributed by atoms with E-state index < -0.39 is 0 Å². The molecule has 1 fully saturated rings. The van der Waals surface area contributed by atoms with Gasteiger partial charge >= 0.3 is 11.7 Å². The van der Waals surface area contributed by atoms with Gasteiger partial charge in [-0.2, -0.15) is 0 Å². The smallest absolute Gasteiger partial charge is 0.324 e. The maximum Gasteiger partial charge on any atom is 0.326 e. The van der Waals surface area contributed by atoms with Gasteiger partial charge in [-0.05, 0) is 35.6 Å². The van der Waals surface area contributed by atoms with Gasteiger partial charge in [-0.15, -0.1) is 0 Å². The standard InChI is InChI=1S/C33H31N5O3/c39-31-29(20-27(25-12-6-2-7-13-25)22-37(31)21-24-10-4-1-5-11-24)34-32(40)36-18-16-28(17-19-36)38-23-30(35-33(38)41)26-14-8-3-9-15-26/h1-15,20,22-23,28H,16-19,21H2,(H,34,40)(H,35,41). The number of aromatic nitrogens is 3. The third-order valence-corrected chi connectivity index (χ3v) is 7.60. The molecule has 0 saturated carbocycles. The quantitative estimate of drug-likeness (QED) is 0.291. The number of anilines is 1. The number of nitrogens with zero attached hydrogens (tertiary/aromatic N) is 3. The Hall–Kier alpha value is -5.11. The minimum Gasteiger partial charge on any atom is -0.324 e. The zero-order valence-corrected chi connectivity index (χ0v) is 22.6. The van der Waals surface area contributed by atoms with Gasteiger partial charge < -0.3 is 19.8 Å². The highest BCUT2D eigenvalue weighted by Crippen LogP contribution is 2.25. The Morgan fingerprint density at radius 3 is 2.05 bits per heavy atom. The number of pyridine rings is 1. The van der Waals surface area contributed by atoms with E-state index >= 15 is 0 Å². The number of hydrogen-bond donors (Lipinski definition) is 2. The van der Waals surface area contributed by atoms with Crippen LogP contribution in [0.25, 0.3) is 22.4 Å². The van der Waals surface area contributed by atoms with Gasteiger partial charge in [0.2, 0.25) is 0 Å². The molecule has 8 heteroatoms. The normalized spacial score (nSPS) is 13.7. The number of urea groups is 1. The molecule has 8 nitrogen and oxygen atoms in total. The average Bonchev–Trinajstić information content (AvgIpc) is 3.42. The summed E-state index contributed by atoms with van der Waals surface area (Å²) < 4.78 is 3.38. The summed E-state index contributed by atoms with van der Waals surface area (Å²) in [5.74, 6) is 0. The van der Waals surface area contributed by atoms with Crippen molar-refractivity contribution in [3.05, 3.63) is 136 Å². The van der Waals surface area contributed by atoms with Crippen LogP contribution in [-0.4, -0.2) is 38.1 Å². The summed E-state index contributed by atoms with van der Waals surface area (Å²) in [6.07, 6.45) is 4.98. The Labute approximate surface area is 237 Å². The van der Waals surface area contributed by atoms with Crippen molar-refractivity contribution in [3.63, 3.8) is 0 Å². The molecular formula is C33H31N5O3. The summed E-state index contributed by atoms with van der Waals surface area (Å²) in [4.78, 5) is 44.1. The molecule has 206 valence electrons. The molecule has 3 heterocycles. The number of piperidine rings is 1. The number of amides is 2. The van der Waals surface area contributed by atoms with Crippen LogP contribution in [0.15, 0.2) is 119 Å². The highest BCUT2D eigenvalue weighted by Gasteiger charge is 2.26. The molecule has 0 atom stereocenters. The lowest BCUT2D eigenvalue weighted by atomic mass is 10.1. The van der Waals surface area contributed by atoms with Crippen LogP contribution in [0.3, 0.4) is 0 Å². The number of carbonyl (C=O) groups is 1. The Kier molecular flexibility index (Phi) is 7.36. The van der Waals surface area contributed by atoms with Crippen LogP contribution < -0.4 is 16.6 Å². The fraction of sp³-hybridized carbons (Fsp3) is 0.182. The SMILES string of the molecule is O=C(Nc1cc(-c2ccccc2)cn(Cc2ccccc2)c1=O)N1CCC(n2cc(-c3ccccc3)[nH]c2=O)CC1. The zero-order valence-electron chi connectivity index (χ0n) is 22.6. The van der Waals surface area contributed by atoms with E-state index in [0.29, 0.717) is 32.5 Å². The second kappa shape index (κ2) is 11.6. The topological polar surface area (TPSA) is 92.1 Å². The molecule has 0 radical (unpaired) electrons. The summed E-state index contributed by atoms with van der Waals surface area (Å²) in [7, 11) is 0. The lowest BCUT2D eigenvalue weighted by molar-refractivity contribution is 0.183. The van der Waals surface area contributed by atoms with Crippen LogP contribution in [0, 0.1) is 0 Å². The Bertz CT molecular complexity index is 1750. The largest absolute Gasteiger partial charge is 0.326 e. The van der Waals surface area contributed by atoms with Gasteiger partial charge in [-0.25, -0.2) is 9.59 Å². The summed E-state index contributed by atoms with van der Waals surface area (Å²) in [5, 5.41) is 2.89. The number of nitrogens with one attached hydrogen (secondary N) is 2. The first-order valence-electron chi connectivity index (χ1n) is 13.8. The number of likely N-dealkylation sites (tertiary alicyclic amines) is 1. The number of H-pyrrole nitrogens is 1. The van der Waals surface area contributed by atoms with E-state index in [0.717, 1.165) is 27.9 Å². The van der Waals surface area contributed by atoms with E-state index in [1.807, 2.05) is 103 Å². The van der Waals surface area contributed by atoms with E-state index in [9.17, 15) is 14.4 Å². The van der Waals surface area contributed by atoms with Gasteiger partial charge in [-0.1, -0.05) is 91.0 Å². The molecule has 2 aromatic heterocycles. The van der Waals surface area contributed by atoms with Crippen LogP contribution >= 0.6 is 0 Å². The minimum atomic E-state index is -0.316. The van der Waals surface area contributed by atoms with Gasteiger partial charge in [0.1, 0.15) is 5.69 Å². The number of imidazole rings is 1. The second-order valence-electron chi connectivity index (χ2n) is 10.3. The number of benzene rings is 3. The van der Waals surface area contributed by atoms with Crippen molar-refractivity contribution in [1.82, 2.24) is 19.0 Å². The highest BCUT2D eigenvalue weighted by molar-refractivity contribution is 5.90. The van der Waals surface area contributed by atoms with E-state index in [1.165, 1.54) is 0 Å². The summed E-state index contributed by atoms with van der Waals surface area (Å²) in [6.45, 7) is 1.35. The predicted molar refractivity (Wildman–Crippen MR) is 161 cm³/mol. The zero-order chi connectivity index (χ0) is 28.2. The highest BCUT2D eigenvalue weighted by atomic mass is 16.2. The molecule has 2 N–H and O–H groups in total. The fourth-order valence-electron chi connectivity index (χ4n) is 5.40. The molecule has 1 aliphatic heterocycles. The molecule has 6 rings (SSSR count). The van der Waals surface area contributed by atoms with Gasteiger partial charge in [0.25, 0.3) is 5.56 Å². The molecule has 41 heavy (non-hydrogen) atoms. The monoisotopic (exact) mass is 545 g/mol. The van der Waals surface area contributed by atoms with Crippen molar-refractivity contribution in [3.8, 4) is 22.4 Å². The average molecular weight is 546 g/mol. The molecule has 1 aliphatic rings. The van der Waals surface area contributed by atoms with Crippen LogP contribution in [0.4, 0.5) is 10.5 Å². The second-order valence-corrected chi connectivity index (χ2v) is 10.3. The lowest BCUT2D eigenvalue weighted by Crippen LogP contribution is -2.43.